The van der Waals surface area contributed by atoms with Crippen molar-refractivity contribution in [3.8, 4) is 0 Å². The standard InChI is InChI=1S/C13H22N2O4S2/c1-9(2)5-11(7-15(3)4)14-21(18,19)12-6-10(8-20-12)13(16)17/h6,8-9,11,14H,5,7H2,1-4H3,(H,16,17). The van der Waals surface area contributed by atoms with Crippen molar-refractivity contribution in [2.45, 2.75) is 30.5 Å². The molecular weight excluding hydrogens is 312 g/mol. The SMILES string of the molecule is CC(C)CC(CN(C)C)NS(=O)(=O)c1cc(C(=O)O)cs1. The van der Waals surface area contributed by atoms with Crippen molar-refractivity contribution >= 4 is 27.3 Å². The Bertz CT molecular complexity index is 569. The van der Waals surface area contributed by atoms with Gasteiger partial charge in [0.1, 0.15) is 4.21 Å². The summed E-state index contributed by atoms with van der Waals surface area (Å²) in [6, 6.07) is 0.984. The Balaban J connectivity index is 2.90. The summed E-state index contributed by atoms with van der Waals surface area (Å²) in [5.74, 6) is -0.768. The Labute approximate surface area is 129 Å². The summed E-state index contributed by atoms with van der Waals surface area (Å²) in [5, 5.41) is 10.2. The van der Waals surface area contributed by atoms with Gasteiger partial charge in [0.2, 0.25) is 10.0 Å². The summed E-state index contributed by atoms with van der Waals surface area (Å²) in [6.45, 7) is 4.66. The lowest BCUT2D eigenvalue weighted by molar-refractivity contribution is 0.0697. The first-order valence-electron chi connectivity index (χ1n) is 6.60. The van der Waals surface area contributed by atoms with Crippen LogP contribution in [0.3, 0.4) is 0 Å². The minimum atomic E-state index is -3.68. The predicted octanol–water partition coefficient (Wildman–Crippen LogP) is 1.70. The molecule has 1 rings (SSSR count). The van der Waals surface area contributed by atoms with Gasteiger partial charge >= 0.3 is 5.97 Å². The van der Waals surface area contributed by atoms with Gasteiger partial charge in [-0.2, -0.15) is 0 Å². The molecule has 0 saturated carbocycles. The highest BCUT2D eigenvalue weighted by Crippen LogP contribution is 2.21. The van der Waals surface area contributed by atoms with E-state index in [4.69, 9.17) is 5.11 Å². The zero-order chi connectivity index (χ0) is 16.2. The molecule has 120 valence electrons. The molecule has 1 aromatic heterocycles. The summed E-state index contributed by atoms with van der Waals surface area (Å²) in [6.07, 6.45) is 0.717. The number of thiophene rings is 1. The molecule has 2 N–H and O–H groups in total. The number of nitrogens with one attached hydrogen (secondary N) is 1. The highest BCUT2D eigenvalue weighted by molar-refractivity contribution is 7.91. The average Bonchev–Trinajstić information content (AvgIpc) is 2.75. The minimum absolute atomic E-state index is 0.00612. The molecule has 0 bridgehead atoms. The van der Waals surface area contributed by atoms with E-state index in [1.54, 1.807) is 0 Å². The number of aromatic carboxylic acids is 1. The minimum Gasteiger partial charge on any atom is -0.478 e. The topological polar surface area (TPSA) is 86.7 Å². The molecule has 0 aromatic carbocycles. The van der Waals surface area contributed by atoms with E-state index in [2.05, 4.69) is 4.72 Å². The number of carboxylic acid groups (broad SMARTS) is 1. The predicted molar refractivity (Wildman–Crippen MR) is 83.4 cm³/mol. The number of hydrogen-bond donors (Lipinski definition) is 2. The molecule has 0 fully saturated rings. The number of sulfonamides is 1. The molecule has 1 heterocycles. The van der Waals surface area contributed by atoms with Crippen molar-refractivity contribution in [3.05, 3.63) is 17.0 Å². The fourth-order valence-corrected chi connectivity index (χ4v) is 4.43. The molecule has 6 nitrogen and oxygen atoms in total. The Kier molecular flexibility index (Phi) is 6.33. The second kappa shape index (κ2) is 7.35. The van der Waals surface area contributed by atoms with E-state index in [1.807, 2.05) is 32.8 Å². The lowest BCUT2D eigenvalue weighted by Crippen LogP contribution is -2.42. The van der Waals surface area contributed by atoms with Crippen LogP contribution in [0.25, 0.3) is 0 Å². The number of nitrogens with zero attached hydrogens (tertiary/aromatic N) is 1. The lowest BCUT2D eigenvalue weighted by Gasteiger charge is -2.23. The number of rotatable bonds is 8. The van der Waals surface area contributed by atoms with Crippen molar-refractivity contribution in [2.75, 3.05) is 20.6 Å². The third-order valence-corrected chi connectivity index (χ3v) is 5.71. The second-order valence-electron chi connectivity index (χ2n) is 5.67. The van der Waals surface area contributed by atoms with E-state index in [0.717, 1.165) is 11.3 Å². The quantitative estimate of drug-likeness (QED) is 0.755. The maximum absolute atomic E-state index is 12.3. The van der Waals surface area contributed by atoms with Crippen LogP contribution in [0.4, 0.5) is 0 Å². The van der Waals surface area contributed by atoms with Crippen molar-refractivity contribution in [1.29, 1.82) is 0 Å². The van der Waals surface area contributed by atoms with Gasteiger partial charge in [-0.25, -0.2) is 17.9 Å². The lowest BCUT2D eigenvalue weighted by atomic mass is 10.0. The summed E-state index contributed by atoms with van der Waals surface area (Å²) >= 11 is 0.920. The Morgan fingerprint density at radius 1 is 1.43 bits per heavy atom. The smallest absolute Gasteiger partial charge is 0.336 e. The molecule has 0 radical (unpaired) electrons. The van der Waals surface area contributed by atoms with Gasteiger partial charge in [-0.3, -0.25) is 0 Å². The molecule has 21 heavy (non-hydrogen) atoms. The first-order chi connectivity index (χ1) is 9.61. The highest BCUT2D eigenvalue weighted by atomic mass is 32.2. The van der Waals surface area contributed by atoms with E-state index >= 15 is 0 Å². The van der Waals surface area contributed by atoms with Crippen LogP contribution in [0.15, 0.2) is 15.7 Å². The molecular formula is C13H22N2O4S2. The largest absolute Gasteiger partial charge is 0.478 e. The molecule has 0 saturated heterocycles. The molecule has 8 heteroatoms. The van der Waals surface area contributed by atoms with Crippen LogP contribution in [0.5, 0.6) is 0 Å². The summed E-state index contributed by atoms with van der Waals surface area (Å²) in [7, 11) is 0.0835. The first-order valence-corrected chi connectivity index (χ1v) is 8.97. The van der Waals surface area contributed by atoms with E-state index in [-0.39, 0.29) is 15.8 Å². The summed E-state index contributed by atoms with van der Waals surface area (Å²) in [4.78, 5) is 12.8. The fourth-order valence-electron chi connectivity index (χ4n) is 2.02. The molecule has 1 aromatic rings. The molecule has 1 atom stereocenters. The van der Waals surface area contributed by atoms with Gasteiger partial charge in [-0.1, -0.05) is 13.8 Å². The van der Waals surface area contributed by atoms with Gasteiger partial charge in [0.25, 0.3) is 0 Å². The number of likely N-dealkylation sites (N-methyl/N-ethyl adjacent to an activating group) is 1. The Hall–Kier alpha value is -0.960. The third kappa shape index (κ3) is 5.74. The van der Waals surface area contributed by atoms with Gasteiger partial charge < -0.3 is 10.0 Å². The van der Waals surface area contributed by atoms with Crippen LogP contribution in [-0.2, 0) is 10.0 Å². The second-order valence-corrected chi connectivity index (χ2v) is 8.52. The van der Waals surface area contributed by atoms with Crippen LogP contribution >= 0.6 is 11.3 Å². The maximum Gasteiger partial charge on any atom is 0.336 e. The normalized spacial score (nSPS) is 13.8. The number of carbonyl (C=O) groups is 1. The Morgan fingerprint density at radius 2 is 2.05 bits per heavy atom. The number of hydrogen-bond acceptors (Lipinski definition) is 5. The molecule has 0 aliphatic carbocycles. The molecule has 1 unspecified atom stereocenters. The van der Waals surface area contributed by atoms with Gasteiger partial charge in [-0.15, -0.1) is 11.3 Å². The van der Waals surface area contributed by atoms with E-state index in [9.17, 15) is 13.2 Å². The van der Waals surface area contributed by atoms with Gasteiger partial charge in [0, 0.05) is 18.0 Å². The van der Waals surface area contributed by atoms with Crippen molar-refractivity contribution < 1.29 is 18.3 Å². The van der Waals surface area contributed by atoms with Gasteiger partial charge in [-0.05, 0) is 32.5 Å². The monoisotopic (exact) mass is 334 g/mol. The first kappa shape index (κ1) is 18.1. The van der Waals surface area contributed by atoms with Crippen molar-refractivity contribution in [1.82, 2.24) is 9.62 Å². The van der Waals surface area contributed by atoms with Crippen molar-refractivity contribution in [2.24, 2.45) is 5.92 Å². The number of carboxylic acids is 1. The fraction of sp³-hybridized carbons (Fsp3) is 0.615. The Morgan fingerprint density at radius 3 is 2.48 bits per heavy atom. The van der Waals surface area contributed by atoms with Crippen LogP contribution in [0, 0.1) is 5.92 Å². The van der Waals surface area contributed by atoms with Gasteiger partial charge in [0.15, 0.2) is 0 Å². The molecule has 0 spiro atoms. The maximum atomic E-state index is 12.3. The van der Waals surface area contributed by atoms with E-state index < -0.39 is 16.0 Å². The van der Waals surface area contributed by atoms with Crippen LogP contribution < -0.4 is 4.72 Å². The van der Waals surface area contributed by atoms with Crippen molar-refractivity contribution in [3.63, 3.8) is 0 Å². The zero-order valence-corrected chi connectivity index (χ0v) is 14.3. The molecule has 0 aliphatic rings. The van der Waals surface area contributed by atoms with Crippen LogP contribution in [-0.4, -0.2) is 51.1 Å². The summed E-state index contributed by atoms with van der Waals surface area (Å²) < 4.78 is 27.4. The highest BCUT2D eigenvalue weighted by Gasteiger charge is 2.24. The molecule has 0 amide bonds. The summed E-state index contributed by atoms with van der Waals surface area (Å²) in [5.41, 5.74) is -0.00612. The van der Waals surface area contributed by atoms with Crippen LogP contribution in [0.1, 0.15) is 30.6 Å². The third-order valence-electron chi connectivity index (χ3n) is 2.75. The molecule has 0 aliphatic heterocycles. The average molecular weight is 334 g/mol. The van der Waals surface area contributed by atoms with Crippen LogP contribution in [0.2, 0.25) is 0 Å². The van der Waals surface area contributed by atoms with E-state index in [1.165, 1.54) is 11.4 Å². The zero-order valence-electron chi connectivity index (χ0n) is 12.7. The van der Waals surface area contributed by atoms with E-state index in [0.29, 0.717) is 18.9 Å². The van der Waals surface area contributed by atoms with Gasteiger partial charge in [0.05, 0.1) is 5.56 Å².